The van der Waals surface area contributed by atoms with Crippen molar-refractivity contribution in [2.24, 2.45) is 5.92 Å². The van der Waals surface area contributed by atoms with Crippen molar-refractivity contribution < 1.29 is 14.0 Å². The number of aliphatic hydroxyl groups excluding tert-OH is 1. The Bertz CT molecular complexity index is 540. The van der Waals surface area contributed by atoms with Crippen molar-refractivity contribution in [3.63, 3.8) is 0 Å². The summed E-state index contributed by atoms with van der Waals surface area (Å²) in [5, 5.41) is 13.5. The van der Waals surface area contributed by atoms with Crippen LogP contribution in [0, 0.1) is 11.7 Å². The average molecular weight is 264 g/mol. The summed E-state index contributed by atoms with van der Waals surface area (Å²) in [6, 6.07) is 6.25. The fourth-order valence-corrected chi connectivity index (χ4v) is 1.92. The molecule has 0 aliphatic rings. The summed E-state index contributed by atoms with van der Waals surface area (Å²) in [6.45, 7) is 4.06. The molecule has 1 N–H and O–H groups in total. The minimum absolute atomic E-state index is 0.213. The normalized spacial score (nSPS) is 12.9. The van der Waals surface area contributed by atoms with Gasteiger partial charge in [-0.15, -0.1) is 0 Å². The molecule has 102 valence electrons. The van der Waals surface area contributed by atoms with Crippen LogP contribution in [0.5, 0.6) is 0 Å². The molecule has 0 bridgehead atoms. The predicted octanol–water partition coefficient (Wildman–Crippen LogP) is 2.83. The molecule has 1 aromatic carbocycles. The number of hydrogen-bond acceptors (Lipinski definition) is 4. The van der Waals surface area contributed by atoms with E-state index >= 15 is 0 Å². The highest BCUT2D eigenvalue weighted by molar-refractivity contribution is 5.54. The molecule has 4 nitrogen and oxygen atoms in total. The van der Waals surface area contributed by atoms with Crippen LogP contribution in [0.25, 0.3) is 11.4 Å². The van der Waals surface area contributed by atoms with Crippen molar-refractivity contribution in [1.29, 1.82) is 0 Å². The Kier molecular flexibility index (Phi) is 4.27. The lowest BCUT2D eigenvalue weighted by Crippen LogP contribution is -2.13. The lowest BCUT2D eigenvalue weighted by molar-refractivity contribution is 0.138. The third-order valence-electron chi connectivity index (χ3n) is 2.74. The zero-order valence-electron chi connectivity index (χ0n) is 11.0. The molecule has 2 rings (SSSR count). The molecule has 0 saturated heterocycles. The Morgan fingerprint density at radius 2 is 2.05 bits per heavy atom. The smallest absolute Gasteiger partial charge is 0.229 e. The second-order valence-electron chi connectivity index (χ2n) is 4.98. The van der Waals surface area contributed by atoms with Gasteiger partial charge in [-0.25, -0.2) is 4.39 Å². The van der Waals surface area contributed by atoms with Gasteiger partial charge in [-0.05, 0) is 24.5 Å². The quantitative estimate of drug-likeness (QED) is 0.902. The van der Waals surface area contributed by atoms with E-state index in [1.165, 1.54) is 6.07 Å². The SMILES string of the molecule is CC(C)CC(O)Cc1nc(-c2ccccc2F)no1. The summed E-state index contributed by atoms with van der Waals surface area (Å²) >= 11 is 0. The van der Waals surface area contributed by atoms with Gasteiger partial charge in [0.25, 0.3) is 0 Å². The number of nitrogens with zero attached hydrogens (tertiary/aromatic N) is 2. The van der Waals surface area contributed by atoms with E-state index in [2.05, 4.69) is 10.1 Å². The summed E-state index contributed by atoms with van der Waals surface area (Å²) in [4.78, 5) is 4.11. The zero-order valence-corrected chi connectivity index (χ0v) is 11.0. The molecule has 1 heterocycles. The van der Waals surface area contributed by atoms with E-state index in [0.29, 0.717) is 30.2 Å². The largest absolute Gasteiger partial charge is 0.393 e. The maximum Gasteiger partial charge on any atom is 0.229 e. The van der Waals surface area contributed by atoms with Crippen LogP contribution in [0.2, 0.25) is 0 Å². The third kappa shape index (κ3) is 3.61. The Morgan fingerprint density at radius 1 is 1.32 bits per heavy atom. The molecule has 2 aromatic rings. The first kappa shape index (κ1) is 13.7. The van der Waals surface area contributed by atoms with Gasteiger partial charge in [0.15, 0.2) is 0 Å². The number of hydrogen-bond donors (Lipinski definition) is 1. The molecule has 0 fully saturated rings. The van der Waals surface area contributed by atoms with Crippen LogP contribution in [0.1, 0.15) is 26.2 Å². The summed E-state index contributed by atoms with van der Waals surface area (Å²) in [6.07, 6.45) is 0.436. The van der Waals surface area contributed by atoms with E-state index in [-0.39, 0.29) is 5.82 Å². The van der Waals surface area contributed by atoms with Crippen molar-refractivity contribution in [3.8, 4) is 11.4 Å². The van der Waals surface area contributed by atoms with Crippen LogP contribution in [-0.4, -0.2) is 21.4 Å². The Morgan fingerprint density at radius 3 is 2.74 bits per heavy atom. The highest BCUT2D eigenvalue weighted by atomic mass is 19.1. The summed E-state index contributed by atoms with van der Waals surface area (Å²) < 4.78 is 18.6. The van der Waals surface area contributed by atoms with Crippen LogP contribution in [0.3, 0.4) is 0 Å². The molecule has 0 radical (unpaired) electrons. The molecule has 1 aromatic heterocycles. The van der Waals surface area contributed by atoms with Crippen LogP contribution in [0.4, 0.5) is 4.39 Å². The molecule has 0 saturated carbocycles. The highest BCUT2D eigenvalue weighted by Crippen LogP contribution is 2.20. The van der Waals surface area contributed by atoms with Crippen LogP contribution < -0.4 is 0 Å². The van der Waals surface area contributed by atoms with E-state index in [0.717, 1.165) is 0 Å². The zero-order chi connectivity index (χ0) is 13.8. The second-order valence-corrected chi connectivity index (χ2v) is 4.98. The first-order chi connectivity index (χ1) is 9.06. The minimum Gasteiger partial charge on any atom is -0.393 e. The number of benzene rings is 1. The maximum atomic E-state index is 13.5. The van der Waals surface area contributed by atoms with Gasteiger partial charge in [0, 0.05) is 0 Å². The molecule has 5 heteroatoms. The van der Waals surface area contributed by atoms with Gasteiger partial charge in [0.1, 0.15) is 5.82 Å². The number of aromatic nitrogens is 2. The van der Waals surface area contributed by atoms with Crippen molar-refractivity contribution in [1.82, 2.24) is 10.1 Å². The fraction of sp³-hybridized carbons (Fsp3) is 0.429. The molecular formula is C14H17FN2O2. The molecule has 1 atom stereocenters. The monoisotopic (exact) mass is 264 g/mol. The van der Waals surface area contributed by atoms with Crippen molar-refractivity contribution >= 4 is 0 Å². The molecular weight excluding hydrogens is 247 g/mol. The first-order valence-electron chi connectivity index (χ1n) is 6.32. The van der Waals surface area contributed by atoms with Gasteiger partial charge in [0.2, 0.25) is 11.7 Å². The number of aliphatic hydroxyl groups is 1. The maximum absolute atomic E-state index is 13.5. The molecule has 0 spiro atoms. The minimum atomic E-state index is -0.520. The van der Waals surface area contributed by atoms with Gasteiger partial charge < -0.3 is 9.63 Å². The predicted molar refractivity (Wildman–Crippen MR) is 68.9 cm³/mol. The summed E-state index contributed by atoms with van der Waals surface area (Å²) in [5.41, 5.74) is 0.302. The Balaban J connectivity index is 2.09. The highest BCUT2D eigenvalue weighted by Gasteiger charge is 2.15. The Hall–Kier alpha value is -1.75. The summed E-state index contributed by atoms with van der Waals surface area (Å²) in [7, 11) is 0. The standard InChI is InChI=1S/C14H17FN2O2/c1-9(2)7-10(18)8-13-16-14(17-19-13)11-5-3-4-6-12(11)15/h3-6,9-10,18H,7-8H2,1-2H3. The van der Waals surface area contributed by atoms with Crippen LogP contribution in [0.15, 0.2) is 28.8 Å². The van der Waals surface area contributed by atoms with Gasteiger partial charge in [-0.2, -0.15) is 4.98 Å². The van der Waals surface area contributed by atoms with Crippen molar-refractivity contribution in [3.05, 3.63) is 36.0 Å². The first-order valence-corrected chi connectivity index (χ1v) is 6.32. The van der Waals surface area contributed by atoms with Crippen LogP contribution in [-0.2, 0) is 6.42 Å². The van der Waals surface area contributed by atoms with E-state index in [1.807, 2.05) is 13.8 Å². The van der Waals surface area contributed by atoms with Gasteiger partial charge in [-0.1, -0.05) is 31.1 Å². The lowest BCUT2D eigenvalue weighted by atomic mass is 10.0. The van der Waals surface area contributed by atoms with E-state index in [4.69, 9.17) is 4.52 Å². The van der Waals surface area contributed by atoms with Crippen molar-refractivity contribution in [2.45, 2.75) is 32.8 Å². The topological polar surface area (TPSA) is 59.2 Å². The van der Waals surface area contributed by atoms with Crippen molar-refractivity contribution in [2.75, 3.05) is 0 Å². The average Bonchev–Trinajstić information content (AvgIpc) is 2.76. The fourth-order valence-electron chi connectivity index (χ4n) is 1.92. The molecule has 1 unspecified atom stereocenters. The van der Waals surface area contributed by atoms with E-state index < -0.39 is 11.9 Å². The van der Waals surface area contributed by atoms with E-state index in [9.17, 15) is 9.50 Å². The lowest BCUT2D eigenvalue weighted by Gasteiger charge is -2.09. The number of halogens is 1. The van der Waals surface area contributed by atoms with Crippen LogP contribution >= 0.6 is 0 Å². The second kappa shape index (κ2) is 5.93. The Labute approximate surface area is 111 Å². The van der Waals surface area contributed by atoms with E-state index in [1.54, 1.807) is 18.2 Å². The molecule has 0 aliphatic carbocycles. The summed E-state index contributed by atoms with van der Waals surface area (Å²) in [5.74, 6) is 0.540. The third-order valence-corrected chi connectivity index (χ3v) is 2.74. The molecule has 0 aliphatic heterocycles. The molecule has 0 amide bonds. The molecule has 19 heavy (non-hydrogen) atoms. The number of rotatable bonds is 5. The van der Waals surface area contributed by atoms with Gasteiger partial charge in [0.05, 0.1) is 18.1 Å². The van der Waals surface area contributed by atoms with Gasteiger partial charge in [-0.3, -0.25) is 0 Å². The van der Waals surface area contributed by atoms with Gasteiger partial charge >= 0.3 is 0 Å².